The van der Waals surface area contributed by atoms with Gasteiger partial charge in [-0.1, -0.05) is 6.07 Å². The number of nitrogens with one attached hydrogen (secondary N) is 1. The number of aromatic amines is 1. The topological polar surface area (TPSA) is 105 Å². The lowest BCUT2D eigenvalue weighted by molar-refractivity contribution is -0.122. The van der Waals surface area contributed by atoms with E-state index in [1.54, 1.807) is 18.6 Å². The number of aromatic nitrogens is 5. The Balaban J connectivity index is 0.000000452. The number of hydrogen-bond acceptors (Lipinski definition) is 5. The third kappa shape index (κ3) is 3.22. The van der Waals surface area contributed by atoms with Gasteiger partial charge in [-0.05, 0) is 24.3 Å². The molecule has 0 aliphatic rings. The molecule has 3 rings (SSSR count). The normalized spacial score (nSPS) is 9.40. The molecule has 0 atom stereocenters. The molecule has 3 heterocycles. The molecule has 2 N–H and O–H groups in total. The highest BCUT2D eigenvalue weighted by Gasteiger charge is 2.07. The Labute approximate surface area is 114 Å². The van der Waals surface area contributed by atoms with E-state index in [1.807, 2.05) is 30.3 Å². The third-order valence-electron chi connectivity index (χ3n) is 2.33. The van der Waals surface area contributed by atoms with Crippen molar-refractivity contribution in [2.45, 2.75) is 0 Å². The molecular formula is C13H11N5O2. The summed E-state index contributed by atoms with van der Waals surface area (Å²) in [6, 6.07) is 9.40. The van der Waals surface area contributed by atoms with Crippen LogP contribution in [-0.2, 0) is 4.79 Å². The Morgan fingerprint density at radius 2 is 1.85 bits per heavy atom. The summed E-state index contributed by atoms with van der Waals surface area (Å²) < 4.78 is 0. The molecule has 0 fully saturated rings. The van der Waals surface area contributed by atoms with Crippen LogP contribution in [0.15, 0.2) is 48.9 Å². The zero-order chi connectivity index (χ0) is 14.2. The molecule has 0 amide bonds. The first-order valence-corrected chi connectivity index (χ1v) is 5.67. The van der Waals surface area contributed by atoms with E-state index in [0.717, 1.165) is 11.3 Å². The Bertz CT molecular complexity index is 601. The SMILES string of the molecule is O=CO.c1ccc(-c2nc(-c3ccncc3)n[nH]2)nc1. The van der Waals surface area contributed by atoms with Gasteiger partial charge in [0.05, 0.1) is 0 Å². The molecule has 0 bridgehead atoms. The maximum atomic E-state index is 8.36. The van der Waals surface area contributed by atoms with Crippen LogP contribution in [0.5, 0.6) is 0 Å². The van der Waals surface area contributed by atoms with Crippen molar-refractivity contribution in [3.05, 3.63) is 48.9 Å². The van der Waals surface area contributed by atoms with Gasteiger partial charge in [0.1, 0.15) is 5.69 Å². The van der Waals surface area contributed by atoms with Crippen molar-refractivity contribution in [3.63, 3.8) is 0 Å². The Morgan fingerprint density at radius 3 is 2.50 bits per heavy atom. The average Bonchev–Trinajstić information content (AvgIpc) is 3.00. The summed E-state index contributed by atoms with van der Waals surface area (Å²) in [6.45, 7) is -0.250. The van der Waals surface area contributed by atoms with Crippen molar-refractivity contribution in [2.24, 2.45) is 0 Å². The van der Waals surface area contributed by atoms with Crippen molar-refractivity contribution in [1.29, 1.82) is 0 Å². The molecule has 0 aliphatic carbocycles. The Morgan fingerprint density at radius 1 is 1.10 bits per heavy atom. The van der Waals surface area contributed by atoms with Crippen molar-refractivity contribution in [3.8, 4) is 22.9 Å². The largest absolute Gasteiger partial charge is 0.483 e. The standard InChI is InChI=1S/C12H9N5.CH2O2/c1-2-6-14-10(3-1)12-15-11(16-17-12)9-4-7-13-8-5-9;2-1-3/h1-8H,(H,15,16,17);1H,(H,2,3). The first kappa shape index (κ1) is 13.3. The minimum Gasteiger partial charge on any atom is -0.483 e. The maximum Gasteiger partial charge on any atom is 0.290 e. The van der Waals surface area contributed by atoms with Crippen molar-refractivity contribution < 1.29 is 9.90 Å². The van der Waals surface area contributed by atoms with E-state index in [-0.39, 0.29) is 6.47 Å². The van der Waals surface area contributed by atoms with Crippen LogP contribution < -0.4 is 0 Å². The van der Waals surface area contributed by atoms with E-state index < -0.39 is 0 Å². The maximum absolute atomic E-state index is 8.36. The number of carbonyl (C=O) groups is 1. The average molecular weight is 269 g/mol. The lowest BCUT2D eigenvalue weighted by Crippen LogP contribution is -1.84. The van der Waals surface area contributed by atoms with Gasteiger partial charge in [-0.2, -0.15) is 5.10 Å². The van der Waals surface area contributed by atoms with E-state index in [0.29, 0.717) is 11.6 Å². The van der Waals surface area contributed by atoms with Crippen LogP contribution in [0.3, 0.4) is 0 Å². The van der Waals surface area contributed by atoms with Crippen molar-refractivity contribution in [2.75, 3.05) is 0 Å². The first-order chi connectivity index (χ1) is 9.85. The van der Waals surface area contributed by atoms with Crippen LogP contribution in [0.4, 0.5) is 0 Å². The van der Waals surface area contributed by atoms with Crippen molar-refractivity contribution in [1.82, 2.24) is 25.1 Å². The molecule has 7 nitrogen and oxygen atoms in total. The fourth-order valence-corrected chi connectivity index (χ4v) is 1.51. The lowest BCUT2D eigenvalue weighted by atomic mass is 10.2. The van der Waals surface area contributed by atoms with E-state index in [2.05, 4.69) is 25.1 Å². The summed E-state index contributed by atoms with van der Waals surface area (Å²) in [5, 5.41) is 13.9. The van der Waals surface area contributed by atoms with E-state index in [9.17, 15) is 0 Å². The minimum absolute atomic E-state index is 0.250. The molecule has 0 radical (unpaired) electrons. The van der Waals surface area contributed by atoms with Crippen LogP contribution in [0, 0.1) is 0 Å². The summed E-state index contributed by atoms with van der Waals surface area (Å²) in [5.74, 6) is 1.31. The first-order valence-electron chi connectivity index (χ1n) is 5.67. The van der Waals surface area contributed by atoms with Crippen LogP contribution >= 0.6 is 0 Å². The monoisotopic (exact) mass is 269 g/mol. The summed E-state index contributed by atoms with van der Waals surface area (Å²) >= 11 is 0. The molecule has 0 aliphatic heterocycles. The molecule has 100 valence electrons. The zero-order valence-electron chi connectivity index (χ0n) is 10.3. The molecule has 0 saturated heterocycles. The van der Waals surface area contributed by atoms with Gasteiger partial charge in [0.25, 0.3) is 6.47 Å². The predicted octanol–water partition coefficient (Wildman–Crippen LogP) is 1.63. The fraction of sp³-hybridized carbons (Fsp3) is 0. The molecule has 0 spiro atoms. The summed E-state index contributed by atoms with van der Waals surface area (Å²) in [5.41, 5.74) is 1.71. The van der Waals surface area contributed by atoms with Gasteiger partial charge in [-0.3, -0.25) is 19.9 Å². The van der Waals surface area contributed by atoms with Crippen LogP contribution in [-0.4, -0.2) is 36.7 Å². The highest BCUT2D eigenvalue weighted by atomic mass is 16.3. The summed E-state index contributed by atoms with van der Waals surface area (Å²) in [4.78, 5) is 20.9. The van der Waals surface area contributed by atoms with Crippen LogP contribution in [0.25, 0.3) is 22.9 Å². The molecule has 0 aromatic carbocycles. The zero-order valence-corrected chi connectivity index (χ0v) is 10.3. The highest BCUT2D eigenvalue weighted by Crippen LogP contribution is 2.17. The van der Waals surface area contributed by atoms with Gasteiger partial charge in [0.15, 0.2) is 11.6 Å². The second-order valence-corrected chi connectivity index (χ2v) is 3.56. The van der Waals surface area contributed by atoms with Crippen LogP contribution in [0.2, 0.25) is 0 Å². The smallest absolute Gasteiger partial charge is 0.290 e. The Kier molecular flexibility index (Phi) is 4.50. The second-order valence-electron chi connectivity index (χ2n) is 3.56. The number of hydrogen-bond donors (Lipinski definition) is 2. The molecule has 3 aromatic heterocycles. The number of H-pyrrole nitrogens is 1. The van der Waals surface area contributed by atoms with Gasteiger partial charge < -0.3 is 5.11 Å². The fourth-order valence-electron chi connectivity index (χ4n) is 1.51. The molecule has 7 heteroatoms. The second kappa shape index (κ2) is 6.74. The molecule has 0 saturated carbocycles. The van der Waals surface area contributed by atoms with E-state index >= 15 is 0 Å². The summed E-state index contributed by atoms with van der Waals surface area (Å²) in [7, 11) is 0. The van der Waals surface area contributed by atoms with E-state index in [1.165, 1.54) is 0 Å². The van der Waals surface area contributed by atoms with Gasteiger partial charge in [0, 0.05) is 24.2 Å². The Hall–Kier alpha value is -3.09. The van der Waals surface area contributed by atoms with Gasteiger partial charge >= 0.3 is 0 Å². The number of nitrogens with zero attached hydrogens (tertiary/aromatic N) is 4. The molecule has 3 aromatic rings. The quantitative estimate of drug-likeness (QED) is 0.685. The number of pyridine rings is 2. The van der Waals surface area contributed by atoms with Crippen molar-refractivity contribution >= 4 is 6.47 Å². The minimum atomic E-state index is -0.250. The third-order valence-corrected chi connectivity index (χ3v) is 2.33. The lowest BCUT2D eigenvalue weighted by Gasteiger charge is -1.92. The predicted molar refractivity (Wildman–Crippen MR) is 71.5 cm³/mol. The molecule has 0 unspecified atom stereocenters. The van der Waals surface area contributed by atoms with Gasteiger partial charge in [-0.25, -0.2) is 4.98 Å². The van der Waals surface area contributed by atoms with Gasteiger partial charge in [-0.15, -0.1) is 0 Å². The molecular weight excluding hydrogens is 258 g/mol. The molecule has 20 heavy (non-hydrogen) atoms. The number of rotatable bonds is 2. The van der Waals surface area contributed by atoms with E-state index in [4.69, 9.17) is 9.90 Å². The van der Waals surface area contributed by atoms with Gasteiger partial charge in [0.2, 0.25) is 0 Å². The summed E-state index contributed by atoms with van der Waals surface area (Å²) in [6.07, 6.45) is 5.15. The highest BCUT2D eigenvalue weighted by molar-refractivity contribution is 5.58. The van der Waals surface area contributed by atoms with Crippen LogP contribution in [0.1, 0.15) is 0 Å². The number of carboxylic acid groups (broad SMARTS) is 1.